The number of nitrogens with zero attached hydrogens (tertiary/aromatic N) is 2. The predicted molar refractivity (Wildman–Crippen MR) is 187 cm³/mol. The van der Waals surface area contributed by atoms with Gasteiger partial charge in [-0.3, -0.25) is 13.9 Å². The zero-order valence-corrected chi connectivity index (χ0v) is 29.3. The third-order valence-corrected chi connectivity index (χ3v) is 9.79. The number of hydrogen-bond donors (Lipinski definition) is 1. The summed E-state index contributed by atoms with van der Waals surface area (Å²) in [6.07, 6.45) is 0.223. The summed E-state index contributed by atoms with van der Waals surface area (Å²) in [7, 11) is -1.41. The Morgan fingerprint density at radius 2 is 1.47 bits per heavy atom. The number of ether oxygens (including phenoxy) is 2. The number of anilines is 1. The molecule has 2 amide bonds. The third-order valence-electron chi connectivity index (χ3n) is 7.49. The van der Waals surface area contributed by atoms with Gasteiger partial charge in [0.1, 0.15) is 24.1 Å². The highest BCUT2D eigenvalue weighted by atomic mass is 79.9. The van der Waals surface area contributed by atoms with E-state index in [0.717, 1.165) is 19.9 Å². The number of benzene rings is 4. The lowest BCUT2D eigenvalue weighted by atomic mass is 10.0. The molecule has 1 atom stereocenters. The summed E-state index contributed by atoms with van der Waals surface area (Å²) in [5.74, 6) is -0.113. The molecular formula is C36H40BrN3O6S. The molecule has 0 unspecified atom stereocenters. The van der Waals surface area contributed by atoms with Crippen LogP contribution in [0, 0.1) is 5.92 Å². The van der Waals surface area contributed by atoms with E-state index in [-0.39, 0.29) is 41.1 Å². The van der Waals surface area contributed by atoms with E-state index in [4.69, 9.17) is 9.47 Å². The SMILES string of the molecule is COc1ccc(OC)c(N(CC(=O)N(Cc2ccc(Br)cc2)[C@@H](Cc2ccccc2)C(=O)NCC(C)C)S(=O)(=O)c2ccccc2)c1. The first-order valence-electron chi connectivity index (χ1n) is 15.2. The molecule has 248 valence electrons. The number of sulfonamides is 1. The fourth-order valence-electron chi connectivity index (χ4n) is 4.99. The third kappa shape index (κ3) is 9.36. The van der Waals surface area contributed by atoms with Crippen LogP contribution in [0.1, 0.15) is 25.0 Å². The predicted octanol–water partition coefficient (Wildman–Crippen LogP) is 6.07. The molecule has 11 heteroatoms. The quantitative estimate of drug-likeness (QED) is 0.160. The van der Waals surface area contributed by atoms with E-state index >= 15 is 0 Å². The second-order valence-electron chi connectivity index (χ2n) is 11.4. The Morgan fingerprint density at radius 1 is 0.830 bits per heavy atom. The lowest BCUT2D eigenvalue weighted by Gasteiger charge is -2.34. The van der Waals surface area contributed by atoms with Crippen LogP contribution in [0.5, 0.6) is 11.5 Å². The number of carbonyl (C=O) groups excluding carboxylic acids is 2. The van der Waals surface area contributed by atoms with Gasteiger partial charge in [0.05, 0.1) is 24.8 Å². The van der Waals surface area contributed by atoms with Gasteiger partial charge in [0.25, 0.3) is 10.0 Å². The molecule has 4 rings (SSSR count). The summed E-state index contributed by atoms with van der Waals surface area (Å²) in [6, 6.07) is 28.6. The number of amides is 2. The summed E-state index contributed by atoms with van der Waals surface area (Å²) < 4.78 is 41.5. The van der Waals surface area contributed by atoms with Crippen molar-refractivity contribution in [1.29, 1.82) is 0 Å². The topological polar surface area (TPSA) is 105 Å². The summed E-state index contributed by atoms with van der Waals surface area (Å²) in [5, 5.41) is 3.00. The van der Waals surface area contributed by atoms with Crippen molar-refractivity contribution in [2.75, 3.05) is 31.6 Å². The van der Waals surface area contributed by atoms with Gasteiger partial charge in [0.2, 0.25) is 11.8 Å². The Kier molecular flexibility index (Phi) is 12.4. The second-order valence-corrected chi connectivity index (χ2v) is 14.1. The first-order chi connectivity index (χ1) is 22.5. The maximum absolute atomic E-state index is 14.7. The van der Waals surface area contributed by atoms with Crippen molar-refractivity contribution in [3.63, 3.8) is 0 Å². The van der Waals surface area contributed by atoms with E-state index in [1.807, 2.05) is 68.4 Å². The summed E-state index contributed by atoms with van der Waals surface area (Å²) >= 11 is 3.46. The number of nitrogens with one attached hydrogen (secondary N) is 1. The normalized spacial score (nSPS) is 11.9. The van der Waals surface area contributed by atoms with Crippen molar-refractivity contribution in [1.82, 2.24) is 10.2 Å². The lowest BCUT2D eigenvalue weighted by Crippen LogP contribution is -2.53. The van der Waals surface area contributed by atoms with E-state index in [0.29, 0.717) is 12.3 Å². The molecule has 0 fully saturated rings. The zero-order chi connectivity index (χ0) is 34.0. The summed E-state index contributed by atoms with van der Waals surface area (Å²) in [5.41, 5.74) is 1.75. The minimum Gasteiger partial charge on any atom is -0.497 e. The number of hydrogen-bond acceptors (Lipinski definition) is 6. The van der Waals surface area contributed by atoms with E-state index in [2.05, 4.69) is 21.2 Å². The molecule has 47 heavy (non-hydrogen) atoms. The van der Waals surface area contributed by atoms with Gasteiger partial charge in [-0.05, 0) is 53.4 Å². The Bertz CT molecular complexity index is 1740. The molecule has 0 aromatic heterocycles. The molecule has 0 radical (unpaired) electrons. The molecule has 0 saturated carbocycles. The smallest absolute Gasteiger partial charge is 0.264 e. The Balaban J connectivity index is 1.85. The first kappa shape index (κ1) is 35.5. The van der Waals surface area contributed by atoms with Crippen LogP contribution in [0.3, 0.4) is 0 Å². The minimum atomic E-state index is -4.30. The van der Waals surface area contributed by atoms with E-state index in [1.54, 1.807) is 30.3 Å². The van der Waals surface area contributed by atoms with Crippen LogP contribution in [-0.2, 0) is 32.6 Å². The summed E-state index contributed by atoms with van der Waals surface area (Å²) in [4.78, 5) is 30.0. The Labute approximate surface area is 285 Å². The number of rotatable bonds is 15. The largest absolute Gasteiger partial charge is 0.497 e. The standard InChI is InChI=1S/C36H40BrN3O6S/c1-26(2)23-38-36(42)33(21-27-11-7-5-8-12-27)39(24-28-15-17-29(37)18-16-28)35(41)25-40(47(43,44)31-13-9-6-10-14-31)32-22-30(45-3)19-20-34(32)46-4/h5-20,22,26,33H,21,23-25H2,1-4H3,(H,38,42)/t33-/m0/s1. The second kappa shape index (κ2) is 16.5. The van der Waals surface area contributed by atoms with E-state index in [9.17, 15) is 18.0 Å². The van der Waals surface area contributed by atoms with Crippen LogP contribution < -0.4 is 19.1 Å². The van der Waals surface area contributed by atoms with E-state index < -0.39 is 28.5 Å². The molecule has 4 aromatic carbocycles. The van der Waals surface area contributed by atoms with Gasteiger partial charge in [-0.25, -0.2) is 8.42 Å². The maximum atomic E-state index is 14.7. The van der Waals surface area contributed by atoms with Crippen LogP contribution in [-0.4, -0.2) is 58.5 Å². The van der Waals surface area contributed by atoms with Gasteiger partial charge in [-0.1, -0.05) is 90.4 Å². The minimum absolute atomic E-state index is 0.00681. The molecule has 4 aromatic rings. The molecule has 1 N–H and O–H groups in total. The van der Waals surface area contributed by atoms with Crippen LogP contribution >= 0.6 is 15.9 Å². The highest BCUT2D eigenvalue weighted by molar-refractivity contribution is 9.10. The number of halogens is 1. The molecule has 9 nitrogen and oxygen atoms in total. The molecule has 0 bridgehead atoms. The molecule has 0 spiro atoms. The first-order valence-corrected chi connectivity index (χ1v) is 17.4. The maximum Gasteiger partial charge on any atom is 0.264 e. The average Bonchev–Trinajstić information content (AvgIpc) is 3.08. The van der Waals surface area contributed by atoms with Gasteiger partial charge < -0.3 is 19.7 Å². The highest BCUT2D eigenvalue weighted by Crippen LogP contribution is 2.36. The van der Waals surface area contributed by atoms with Gasteiger partial charge in [-0.15, -0.1) is 0 Å². The van der Waals surface area contributed by atoms with E-state index in [1.165, 1.54) is 37.3 Å². The van der Waals surface area contributed by atoms with Gasteiger partial charge in [0, 0.05) is 30.0 Å². The Hall–Kier alpha value is -4.35. The number of methoxy groups -OCH3 is 2. The molecule has 0 aliphatic carbocycles. The van der Waals surface area contributed by atoms with Crippen molar-refractivity contribution in [2.24, 2.45) is 5.92 Å². The van der Waals surface area contributed by atoms with Crippen molar-refractivity contribution < 1.29 is 27.5 Å². The van der Waals surface area contributed by atoms with Crippen molar-refractivity contribution in [2.45, 2.75) is 37.8 Å². The summed E-state index contributed by atoms with van der Waals surface area (Å²) in [6.45, 7) is 3.85. The van der Waals surface area contributed by atoms with Gasteiger partial charge in [0.15, 0.2) is 0 Å². The average molecular weight is 723 g/mol. The zero-order valence-electron chi connectivity index (χ0n) is 26.9. The Morgan fingerprint density at radius 3 is 2.06 bits per heavy atom. The fourth-order valence-corrected chi connectivity index (χ4v) is 6.69. The van der Waals surface area contributed by atoms with Crippen molar-refractivity contribution in [3.8, 4) is 11.5 Å². The fraction of sp³-hybridized carbons (Fsp3) is 0.278. The van der Waals surface area contributed by atoms with Crippen LogP contribution in [0.25, 0.3) is 0 Å². The monoisotopic (exact) mass is 721 g/mol. The molecule has 0 aliphatic rings. The van der Waals surface area contributed by atoms with Crippen molar-refractivity contribution >= 4 is 43.5 Å². The molecular weight excluding hydrogens is 682 g/mol. The lowest BCUT2D eigenvalue weighted by molar-refractivity contribution is -0.140. The molecule has 0 aliphatic heterocycles. The highest BCUT2D eigenvalue weighted by Gasteiger charge is 2.35. The van der Waals surface area contributed by atoms with Crippen LogP contribution in [0.15, 0.2) is 112 Å². The van der Waals surface area contributed by atoms with Gasteiger partial charge in [-0.2, -0.15) is 0 Å². The van der Waals surface area contributed by atoms with Crippen LogP contribution in [0.4, 0.5) is 5.69 Å². The molecule has 0 heterocycles. The van der Waals surface area contributed by atoms with Crippen LogP contribution in [0.2, 0.25) is 0 Å². The van der Waals surface area contributed by atoms with Crippen molar-refractivity contribution in [3.05, 3.63) is 119 Å². The molecule has 0 saturated heterocycles. The van der Waals surface area contributed by atoms with Gasteiger partial charge >= 0.3 is 0 Å². The number of carbonyl (C=O) groups is 2.